The van der Waals surface area contributed by atoms with E-state index in [1.807, 2.05) is 6.20 Å². The molecule has 0 aliphatic carbocycles. The number of hydrogen-bond acceptors (Lipinski definition) is 15. The van der Waals surface area contributed by atoms with Crippen molar-refractivity contribution < 1.29 is 39.1 Å². The number of amides is 1. The second-order valence-electron chi connectivity index (χ2n) is 26.6. The summed E-state index contributed by atoms with van der Waals surface area (Å²) in [6, 6.07) is 7.85. The van der Waals surface area contributed by atoms with Crippen LogP contribution in [-0.2, 0) is 23.8 Å². The van der Waals surface area contributed by atoms with Crippen LogP contribution in [0.2, 0.25) is 0 Å². The Morgan fingerprint density at radius 2 is 1.60 bits per heavy atom. The van der Waals surface area contributed by atoms with Gasteiger partial charge in [0.2, 0.25) is 5.91 Å². The van der Waals surface area contributed by atoms with E-state index < -0.39 is 6.04 Å². The summed E-state index contributed by atoms with van der Waals surface area (Å²) in [4.78, 5) is 37.8. The molecule has 1 aromatic carbocycles. The Labute approximate surface area is 530 Å². The van der Waals surface area contributed by atoms with E-state index in [2.05, 4.69) is 172 Å². The second-order valence-corrected chi connectivity index (χ2v) is 26.6. The van der Waals surface area contributed by atoms with Crippen LogP contribution in [0.15, 0.2) is 42.7 Å². The van der Waals surface area contributed by atoms with Crippen molar-refractivity contribution in [3.05, 3.63) is 70.7 Å². The average molecular weight is 1220 g/mol. The van der Waals surface area contributed by atoms with E-state index >= 15 is 4.79 Å². The van der Waals surface area contributed by atoms with Gasteiger partial charge in [-0.05, 0) is 176 Å². The SMILES string of the molecule is C1NCC12COC2.C=C(C(NC(=O)C(C(C)C)N1CCCC1(C)CN(CCC)C(CO)CO)C(C)CCN(CCO)c1ccc(C)c(/C(CC(C)(C)CC)=C(\C)c2cc(C)cnc2C(C)OC)c1)N1CCCC1N.CC=O.CCC.CCCOCCC. The van der Waals surface area contributed by atoms with Gasteiger partial charge < -0.3 is 60.5 Å². The molecule has 4 saturated heterocycles. The number of likely N-dealkylation sites (tertiary alicyclic amines) is 2. The molecule has 0 radical (unpaired) electrons. The number of nitrogens with zero attached hydrogens (tertiary/aromatic N) is 5. The van der Waals surface area contributed by atoms with Crippen LogP contribution in [0.25, 0.3) is 11.1 Å². The number of hydrogen-bond donors (Lipinski definition) is 6. The molecule has 2 aromatic rings. The fourth-order valence-corrected chi connectivity index (χ4v) is 12.1. The van der Waals surface area contributed by atoms with E-state index in [0.29, 0.717) is 25.0 Å². The van der Waals surface area contributed by atoms with Crippen molar-refractivity contribution in [1.82, 2.24) is 30.3 Å². The maximum absolute atomic E-state index is 15.0. The second kappa shape index (κ2) is 40.8. The number of aliphatic hydroxyl groups is 3. The molecule has 5 heterocycles. The molecule has 16 heteroatoms. The molecule has 1 amide bonds. The van der Waals surface area contributed by atoms with Gasteiger partial charge in [0.1, 0.15) is 6.29 Å². The summed E-state index contributed by atoms with van der Waals surface area (Å²) in [5, 5.41) is 37.7. The van der Waals surface area contributed by atoms with Crippen LogP contribution in [0, 0.1) is 36.5 Å². The molecule has 6 rings (SSSR count). The van der Waals surface area contributed by atoms with E-state index in [9.17, 15) is 15.3 Å². The van der Waals surface area contributed by atoms with E-state index in [4.69, 9.17) is 29.7 Å². The Bertz CT molecular complexity index is 2280. The minimum absolute atomic E-state index is 0.00260. The summed E-state index contributed by atoms with van der Waals surface area (Å²) in [6.07, 6.45) is 13.2. The van der Waals surface area contributed by atoms with Crippen molar-refractivity contribution >= 4 is 29.0 Å². The first-order valence-corrected chi connectivity index (χ1v) is 33.5. The lowest BCUT2D eigenvalue weighted by Crippen LogP contribution is -2.64. The number of pyridine rings is 1. The number of aliphatic hydroxyl groups excluding tert-OH is 3. The summed E-state index contributed by atoms with van der Waals surface area (Å²) in [5.41, 5.74) is 16.9. The first-order chi connectivity index (χ1) is 41.4. The average Bonchev–Trinajstić information content (AvgIpc) is 3.77. The number of ether oxygens (including phenoxy) is 3. The van der Waals surface area contributed by atoms with Gasteiger partial charge in [-0.3, -0.25) is 19.6 Å². The normalized spacial score (nSPS) is 19.6. The third-order valence-corrected chi connectivity index (χ3v) is 17.8. The highest BCUT2D eigenvalue weighted by atomic mass is 16.5. The van der Waals surface area contributed by atoms with Crippen molar-refractivity contribution in [3.8, 4) is 0 Å². The van der Waals surface area contributed by atoms with Crippen molar-refractivity contribution in [1.29, 1.82) is 0 Å². The largest absolute Gasteiger partial charge is 0.395 e. The lowest BCUT2D eigenvalue weighted by Gasteiger charge is -2.48. The molecular weight excluding hydrogens is 1090 g/mol. The zero-order chi connectivity index (χ0) is 65.5. The van der Waals surface area contributed by atoms with E-state index in [0.717, 1.165) is 145 Å². The summed E-state index contributed by atoms with van der Waals surface area (Å²) < 4.78 is 16.0. The van der Waals surface area contributed by atoms with E-state index in [1.54, 1.807) is 7.11 Å². The third kappa shape index (κ3) is 24.4. The predicted octanol–water partition coefficient (Wildman–Crippen LogP) is 11.4. The summed E-state index contributed by atoms with van der Waals surface area (Å²) in [6.45, 7) is 51.1. The number of aromatic nitrogens is 1. The van der Waals surface area contributed by atoms with Crippen molar-refractivity contribution in [2.75, 3.05) is 111 Å². The Morgan fingerprint density at radius 1 is 0.966 bits per heavy atom. The number of aldehydes is 1. The Balaban J connectivity index is 0.00000109. The van der Waals surface area contributed by atoms with Crippen LogP contribution >= 0.6 is 0 Å². The lowest BCUT2D eigenvalue weighted by atomic mass is 9.78. The highest BCUT2D eigenvalue weighted by Crippen LogP contribution is 2.42. The number of rotatable bonds is 31. The standard InChI is InChI=1S/C55H93N7O5.C6H14O.C5H9NO.C3H8.C2H4O/c1-15-24-60(45(34-64)35-65)36-55(13)23-18-26-62(55)52(37(3)4)53(66)58-50(42(9)61-25-17-19-49(61)56)40(7)22-27-59(28-29-63)44-21-20-39(6)46(31-44)48(32-54(11,12)16-2)41(8)47-30-38(5)33-57-51(47)43(10)67-14;1-3-5-7-6-4-2;1-5(2-6-1)3-7-4-5;1-3-2;1-2-3/h20-21,30-31,33,37,40,43,45,49-50,52,63-65H,9,15-19,22-29,32,34-36,56H2,1-8,10-14H3,(H,58,66);3-6H2,1-2H3;6H,1-4H2;3H2,1-2H3;2H,1H3/b48-41+;;;;. The number of carbonyl (C=O) groups is 2. The molecule has 1 aromatic heterocycles. The Morgan fingerprint density at radius 3 is 2.07 bits per heavy atom. The molecule has 500 valence electrons. The summed E-state index contributed by atoms with van der Waals surface area (Å²) in [5.74, 6) is 0.00468. The van der Waals surface area contributed by atoms with E-state index in [1.165, 1.54) is 48.7 Å². The molecule has 0 saturated carbocycles. The molecular formula is C71H128N8O8. The number of aryl methyl sites for hydroxylation is 2. The quantitative estimate of drug-likeness (QED) is 0.0308. The molecule has 7 N–H and O–H groups in total. The minimum atomic E-state index is -0.392. The van der Waals surface area contributed by atoms with Crippen molar-refractivity contribution in [3.63, 3.8) is 0 Å². The molecule has 6 unspecified atom stereocenters. The number of allylic oxidation sites excluding steroid dienone is 2. The smallest absolute Gasteiger partial charge is 0.238 e. The van der Waals surface area contributed by atoms with Crippen LogP contribution in [0.4, 0.5) is 5.69 Å². The van der Waals surface area contributed by atoms with Crippen LogP contribution < -0.4 is 21.3 Å². The monoisotopic (exact) mass is 1220 g/mol. The molecule has 4 fully saturated rings. The lowest BCUT2D eigenvalue weighted by molar-refractivity contribution is -0.139. The summed E-state index contributed by atoms with van der Waals surface area (Å²) >= 11 is 0. The maximum atomic E-state index is 15.0. The van der Waals surface area contributed by atoms with Gasteiger partial charge in [-0.1, -0.05) is 102 Å². The number of benzene rings is 1. The van der Waals surface area contributed by atoms with Gasteiger partial charge in [-0.25, -0.2) is 0 Å². The highest BCUT2D eigenvalue weighted by Gasteiger charge is 2.47. The molecule has 6 atom stereocenters. The van der Waals surface area contributed by atoms with Crippen LogP contribution in [0.5, 0.6) is 0 Å². The number of nitrogens with one attached hydrogen (secondary N) is 2. The molecule has 87 heavy (non-hydrogen) atoms. The number of methoxy groups -OCH3 is 1. The van der Waals surface area contributed by atoms with E-state index in [-0.39, 0.29) is 72.9 Å². The highest BCUT2D eigenvalue weighted by molar-refractivity contribution is 5.92. The number of carbonyl (C=O) groups excluding carboxylic acids is 2. The van der Waals surface area contributed by atoms with Crippen LogP contribution in [-0.4, -0.2) is 183 Å². The number of nitrogens with two attached hydrogens (primary N) is 1. The van der Waals surface area contributed by atoms with Gasteiger partial charge in [-0.15, -0.1) is 0 Å². The molecule has 4 aliphatic rings. The van der Waals surface area contributed by atoms with Crippen LogP contribution in [0.3, 0.4) is 0 Å². The fraction of sp³-hybridized carbons (Fsp3) is 0.761. The zero-order valence-corrected chi connectivity index (χ0v) is 58.3. The number of anilines is 1. The first kappa shape index (κ1) is 79.3. The molecule has 4 aliphatic heterocycles. The Kier molecular flexibility index (Phi) is 37.2. The zero-order valence-electron chi connectivity index (χ0n) is 58.3. The van der Waals surface area contributed by atoms with Gasteiger partial charge >= 0.3 is 0 Å². The molecule has 16 nitrogen and oxygen atoms in total. The van der Waals surface area contributed by atoms with Crippen molar-refractivity contribution in [2.24, 2.45) is 28.4 Å². The third-order valence-electron chi connectivity index (χ3n) is 17.8. The Hall–Kier alpha value is -3.81. The minimum Gasteiger partial charge on any atom is -0.395 e. The van der Waals surface area contributed by atoms with Crippen molar-refractivity contribution in [2.45, 2.75) is 224 Å². The van der Waals surface area contributed by atoms with Gasteiger partial charge in [0.05, 0.1) is 69.1 Å². The first-order valence-electron chi connectivity index (χ1n) is 33.5. The topological polar surface area (TPSA) is 198 Å². The molecule has 1 spiro atoms. The van der Waals surface area contributed by atoms with Crippen LogP contribution in [0.1, 0.15) is 209 Å². The maximum Gasteiger partial charge on any atom is 0.238 e. The van der Waals surface area contributed by atoms with Gasteiger partial charge in [-0.2, -0.15) is 0 Å². The summed E-state index contributed by atoms with van der Waals surface area (Å²) in [7, 11) is 1.73. The van der Waals surface area contributed by atoms with Gasteiger partial charge in [0.25, 0.3) is 0 Å². The fourth-order valence-electron chi connectivity index (χ4n) is 12.1. The predicted molar refractivity (Wildman–Crippen MR) is 363 cm³/mol. The molecule has 0 bridgehead atoms. The van der Waals surface area contributed by atoms with Gasteiger partial charge in [0.15, 0.2) is 0 Å². The van der Waals surface area contributed by atoms with Gasteiger partial charge in [0, 0.05) is 93.7 Å².